The SMILES string of the molecule is CCCC(NCC)C(CCC)OC. The van der Waals surface area contributed by atoms with E-state index in [0.29, 0.717) is 12.1 Å². The van der Waals surface area contributed by atoms with Crippen LogP contribution in [0.1, 0.15) is 46.5 Å². The van der Waals surface area contributed by atoms with Crippen LogP contribution < -0.4 is 5.32 Å². The highest BCUT2D eigenvalue weighted by atomic mass is 16.5. The molecule has 0 aliphatic heterocycles. The van der Waals surface area contributed by atoms with E-state index in [1.165, 1.54) is 19.3 Å². The second kappa shape index (κ2) is 8.52. The standard InChI is InChI=1S/C11H25NO/c1-5-8-10(12-7-3)11(13-4)9-6-2/h10-12H,5-9H2,1-4H3. The predicted octanol–water partition coefficient (Wildman–Crippen LogP) is 2.58. The van der Waals surface area contributed by atoms with Crippen molar-refractivity contribution in [2.75, 3.05) is 13.7 Å². The van der Waals surface area contributed by atoms with Crippen molar-refractivity contribution in [3.05, 3.63) is 0 Å². The minimum atomic E-state index is 0.393. The van der Waals surface area contributed by atoms with E-state index >= 15 is 0 Å². The zero-order valence-electron chi connectivity index (χ0n) is 9.60. The van der Waals surface area contributed by atoms with Gasteiger partial charge < -0.3 is 10.1 Å². The van der Waals surface area contributed by atoms with Crippen LogP contribution in [-0.2, 0) is 4.74 Å². The molecule has 0 fully saturated rings. The van der Waals surface area contributed by atoms with Crippen molar-refractivity contribution >= 4 is 0 Å². The lowest BCUT2D eigenvalue weighted by molar-refractivity contribution is 0.0584. The van der Waals surface area contributed by atoms with E-state index in [-0.39, 0.29) is 0 Å². The molecule has 0 saturated heterocycles. The maximum absolute atomic E-state index is 5.50. The van der Waals surface area contributed by atoms with E-state index in [1.54, 1.807) is 0 Å². The molecule has 2 heteroatoms. The van der Waals surface area contributed by atoms with E-state index in [0.717, 1.165) is 13.0 Å². The van der Waals surface area contributed by atoms with Crippen LogP contribution in [0.15, 0.2) is 0 Å². The zero-order chi connectivity index (χ0) is 10.1. The first-order chi connectivity index (χ1) is 6.29. The molecular formula is C11H25NO. The summed E-state index contributed by atoms with van der Waals surface area (Å²) < 4.78 is 5.50. The van der Waals surface area contributed by atoms with Gasteiger partial charge in [-0.2, -0.15) is 0 Å². The van der Waals surface area contributed by atoms with E-state index in [2.05, 4.69) is 26.1 Å². The summed E-state index contributed by atoms with van der Waals surface area (Å²) in [6, 6.07) is 0.542. The van der Waals surface area contributed by atoms with Crippen LogP contribution >= 0.6 is 0 Å². The molecule has 13 heavy (non-hydrogen) atoms. The summed E-state index contributed by atoms with van der Waals surface area (Å²) >= 11 is 0. The van der Waals surface area contributed by atoms with Crippen LogP contribution in [0.4, 0.5) is 0 Å². The molecule has 0 amide bonds. The van der Waals surface area contributed by atoms with Crippen molar-refractivity contribution in [1.29, 1.82) is 0 Å². The molecule has 0 heterocycles. The van der Waals surface area contributed by atoms with Crippen LogP contribution in [-0.4, -0.2) is 25.8 Å². The summed E-state index contributed by atoms with van der Waals surface area (Å²) in [6.07, 6.45) is 5.19. The Morgan fingerprint density at radius 2 is 1.69 bits per heavy atom. The van der Waals surface area contributed by atoms with Gasteiger partial charge in [0.25, 0.3) is 0 Å². The van der Waals surface area contributed by atoms with Gasteiger partial charge in [0.2, 0.25) is 0 Å². The molecule has 0 radical (unpaired) electrons. The molecule has 0 saturated carbocycles. The summed E-state index contributed by atoms with van der Waals surface area (Å²) in [5.74, 6) is 0. The van der Waals surface area contributed by atoms with Gasteiger partial charge in [0.15, 0.2) is 0 Å². The quantitative estimate of drug-likeness (QED) is 0.630. The van der Waals surface area contributed by atoms with Gasteiger partial charge in [-0.1, -0.05) is 33.6 Å². The average molecular weight is 187 g/mol. The van der Waals surface area contributed by atoms with Crippen molar-refractivity contribution in [3.8, 4) is 0 Å². The summed E-state index contributed by atoms with van der Waals surface area (Å²) in [7, 11) is 1.82. The third-order valence-corrected chi connectivity index (χ3v) is 2.39. The number of hydrogen-bond donors (Lipinski definition) is 1. The third-order valence-electron chi connectivity index (χ3n) is 2.39. The van der Waals surface area contributed by atoms with Crippen molar-refractivity contribution in [3.63, 3.8) is 0 Å². The normalized spacial score (nSPS) is 15.7. The van der Waals surface area contributed by atoms with Crippen molar-refractivity contribution < 1.29 is 4.74 Å². The molecule has 0 aliphatic rings. The number of hydrogen-bond acceptors (Lipinski definition) is 2. The first kappa shape index (κ1) is 12.9. The minimum Gasteiger partial charge on any atom is -0.380 e. The van der Waals surface area contributed by atoms with Gasteiger partial charge in [-0.25, -0.2) is 0 Å². The molecule has 0 aromatic carbocycles. The Morgan fingerprint density at radius 3 is 2.08 bits per heavy atom. The van der Waals surface area contributed by atoms with E-state index < -0.39 is 0 Å². The van der Waals surface area contributed by atoms with Crippen molar-refractivity contribution in [1.82, 2.24) is 5.32 Å². The molecule has 80 valence electrons. The van der Waals surface area contributed by atoms with E-state index in [1.807, 2.05) is 7.11 Å². The lowest BCUT2D eigenvalue weighted by Gasteiger charge is -2.26. The molecular weight excluding hydrogens is 162 g/mol. The first-order valence-electron chi connectivity index (χ1n) is 5.56. The predicted molar refractivity (Wildman–Crippen MR) is 58.1 cm³/mol. The third kappa shape index (κ3) is 5.27. The van der Waals surface area contributed by atoms with Crippen LogP contribution in [0.3, 0.4) is 0 Å². The maximum atomic E-state index is 5.50. The highest BCUT2D eigenvalue weighted by Crippen LogP contribution is 2.11. The summed E-state index contributed by atoms with van der Waals surface area (Å²) in [4.78, 5) is 0. The monoisotopic (exact) mass is 187 g/mol. The van der Waals surface area contributed by atoms with Crippen molar-refractivity contribution in [2.24, 2.45) is 0 Å². The van der Waals surface area contributed by atoms with Crippen molar-refractivity contribution in [2.45, 2.75) is 58.6 Å². The van der Waals surface area contributed by atoms with Crippen LogP contribution in [0.5, 0.6) is 0 Å². The Morgan fingerprint density at radius 1 is 1.08 bits per heavy atom. The van der Waals surface area contributed by atoms with E-state index in [4.69, 9.17) is 4.74 Å². The Hall–Kier alpha value is -0.0800. The molecule has 2 atom stereocenters. The second-order valence-corrected chi connectivity index (χ2v) is 3.52. The molecule has 0 spiro atoms. The number of methoxy groups -OCH3 is 1. The molecule has 2 nitrogen and oxygen atoms in total. The summed E-state index contributed by atoms with van der Waals surface area (Å²) in [5, 5.41) is 3.49. The highest BCUT2D eigenvalue weighted by Gasteiger charge is 2.17. The van der Waals surface area contributed by atoms with Crippen LogP contribution in [0.25, 0.3) is 0 Å². The lowest BCUT2D eigenvalue weighted by atomic mass is 10.0. The Labute approximate surface area is 83.1 Å². The highest BCUT2D eigenvalue weighted by molar-refractivity contribution is 4.75. The second-order valence-electron chi connectivity index (χ2n) is 3.52. The van der Waals surface area contributed by atoms with Crippen LogP contribution in [0, 0.1) is 0 Å². The largest absolute Gasteiger partial charge is 0.380 e. The number of likely N-dealkylation sites (N-methyl/N-ethyl adjacent to an activating group) is 1. The summed E-state index contributed by atoms with van der Waals surface area (Å²) in [6.45, 7) is 7.62. The fraction of sp³-hybridized carbons (Fsp3) is 1.00. The van der Waals surface area contributed by atoms with Gasteiger partial charge >= 0.3 is 0 Å². The van der Waals surface area contributed by atoms with Gasteiger partial charge in [-0.05, 0) is 19.4 Å². The molecule has 0 bridgehead atoms. The topological polar surface area (TPSA) is 21.3 Å². The molecule has 2 unspecified atom stereocenters. The summed E-state index contributed by atoms with van der Waals surface area (Å²) in [5.41, 5.74) is 0. The fourth-order valence-corrected chi connectivity index (χ4v) is 1.76. The molecule has 0 aromatic rings. The zero-order valence-corrected chi connectivity index (χ0v) is 9.60. The number of ether oxygens (including phenoxy) is 1. The number of nitrogens with one attached hydrogen (secondary N) is 1. The van der Waals surface area contributed by atoms with Gasteiger partial charge in [0, 0.05) is 13.2 Å². The lowest BCUT2D eigenvalue weighted by Crippen LogP contribution is -2.40. The fourth-order valence-electron chi connectivity index (χ4n) is 1.76. The Bertz CT molecular complexity index is 100. The van der Waals surface area contributed by atoms with E-state index in [9.17, 15) is 0 Å². The maximum Gasteiger partial charge on any atom is 0.0724 e. The smallest absolute Gasteiger partial charge is 0.0724 e. The molecule has 1 N–H and O–H groups in total. The molecule has 0 rings (SSSR count). The average Bonchev–Trinajstić information content (AvgIpc) is 2.14. The Kier molecular flexibility index (Phi) is 8.46. The van der Waals surface area contributed by atoms with Gasteiger partial charge in [0.1, 0.15) is 0 Å². The van der Waals surface area contributed by atoms with Gasteiger partial charge in [-0.3, -0.25) is 0 Å². The van der Waals surface area contributed by atoms with Gasteiger partial charge in [-0.15, -0.1) is 0 Å². The van der Waals surface area contributed by atoms with Gasteiger partial charge in [0.05, 0.1) is 6.10 Å². The molecule has 0 aromatic heterocycles. The Balaban J connectivity index is 3.94. The molecule has 0 aliphatic carbocycles. The number of rotatable bonds is 8. The first-order valence-corrected chi connectivity index (χ1v) is 5.56. The van der Waals surface area contributed by atoms with Crippen LogP contribution in [0.2, 0.25) is 0 Å². The minimum absolute atomic E-state index is 0.393.